The SMILES string of the molecule is COCc1ccc(O)c2c1C[C@H]1C[C@H]3CC(O)=C(C(N)=O)C(=O)[C@@]3(O)C(O)=C1C2=O. The summed E-state index contributed by atoms with van der Waals surface area (Å²) >= 11 is 0. The van der Waals surface area contributed by atoms with Crippen LogP contribution >= 0.6 is 0 Å². The van der Waals surface area contributed by atoms with Gasteiger partial charge in [-0.2, -0.15) is 0 Å². The lowest BCUT2D eigenvalue weighted by atomic mass is 9.60. The van der Waals surface area contributed by atoms with Gasteiger partial charge in [-0.25, -0.2) is 0 Å². The Labute approximate surface area is 171 Å². The normalized spacial score (nSPS) is 28.2. The van der Waals surface area contributed by atoms with Gasteiger partial charge in [0, 0.05) is 25.0 Å². The topological polar surface area (TPSA) is 167 Å². The second kappa shape index (κ2) is 6.68. The number of primary amides is 1. The highest BCUT2D eigenvalue weighted by molar-refractivity contribution is 6.24. The van der Waals surface area contributed by atoms with Gasteiger partial charge in [-0.15, -0.1) is 0 Å². The molecule has 0 fully saturated rings. The molecule has 0 radical (unpaired) electrons. The van der Waals surface area contributed by atoms with Crippen LogP contribution in [0.4, 0.5) is 0 Å². The second-order valence-corrected chi connectivity index (χ2v) is 7.94. The quantitative estimate of drug-likeness (QED) is 0.450. The van der Waals surface area contributed by atoms with Crippen molar-refractivity contribution in [3.63, 3.8) is 0 Å². The summed E-state index contributed by atoms with van der Waals surface area (Å²) < 4.78 is 5.17. The third kappa shape index (κ3) is 2.52. The van der Waals surface area contributed by atoms with Gasteiger partial charge in [-0.1, -0.05) is 6.07 Å². The third-order valence-electron chi connectivity index (χ3n) is 6.34. The lowest BCUT2D eigenvalue weighted by molar-refractivity contribution is -0.144. The number of aliphatic hydroxyl groups excluding tert-OH is 2. The second-order valence-electron chi connectivity index (χ2n) is 7.94. The van der Waals surface area contributed by atoms with Gasteiger partial charge >= 0.3 is 0 Å². The molecule has 9 nitrogen and oxygen atoms in total. The number of hydrogen-bond acceptors (Lipinski definition) is 8. The Morgan fingerprint density at radius 2 is 1.93 bits per heavy atom. The fraction of sp³-hybridized carbons (Fsp3) is 0.381. The fourth-order valence-electron chi connectivity index (χ4n) is 4.97. The smallest absolute Gasteiger partial charge is 0.255 e. The summed E-state index contributed by atoms with van der Waals surface area (Å²) in [6.45, 7) is 0.213. The van der Waals surface area contributed by atoms with Crippen LogP contribution in [0.25, 0.3) is 0 Å². The monoisotopic (exact) mass is 415 g/mol. The largest absolute Gasteiger partial charge is 0.511 e. The van der Waals surface area contributed by atoms with Crippen LogP contribution in [0.1, 0.15) is 34.3 Å². The molecule has 3 aliphatic rings. The molecule has 30 heavy (non-hydrogen) atoms. The predicted molar refractivity (Wildman–Crippen MR) is 102 cm³/mol. The van der Waals surface area contributed by atoms with Crippen LogP contribution in [0.3, 0.4) is 0 Å². The molecule has 0 spiro atoms. The summed E-state index contributed by atoms with van der Waals surface area (Å²) in [6.07, 6.45) is 0.118. The minimum absolute atomic E-state index is 0.0128. The van der Waals surface area contributed by atoms with Crippen molar-refractivity contribution in [2.24, 2.45) is 17.6 Å². The Morgan fingerprint density at radius 1 is 1.23 bits per heavy atom. The summed E-state index contributed by atoms with van der Waals surface area (Å²) in [5, 5.41) is 42.5. The Kier molecular flexibility index (Phi) is 4.48. The molecule has 0 bridgehead atoms. The van der Waals surface area contributed by atoms with Crippen molar-refractivity contribution in [2.45, 2.75) is 31.5 Å². The number of fused-ring (bicyclic) bond motifs is 3. The van der Waals surface area contributed by atoms with Crippen LogP contribution in [0, 0.1) is 11.8 Å². The molecule has 0 unspecified atom stereocenters. The van der Waals surface area contributed by atoms with Crippen molar-refractivity contribution in [3.05, 3.63) is 51.5 Å². The van der Waals surface area contributed by atoms with Crippen LogP contribution in [0.15, 0.2) is 34.8 Å². The molecule has 0 aromatic heterocycles. The highest BCUT2D eigenvalue weighted by Crippen LogP contribution is 2.51. The molecule has 6 N–H and O–H groups in total. The standard InChI is InChI=1S/C21H21NO8/c1-30-7-8-2-3-12(23)15-11(8)5-9-4-10-6-13(24)16(20(22)28)19(27)21(10,29)18(26)14(9)17(15)25/h2-3,9-10,23-24,26,29H,4-7H2,1H3,(H2,22,28)/t9-,10+,21+/m1/s1. The number of ether oxygens (including phenoxy) is 1. The molecule has 1 amide bonds. The van der Waals surface area contributed by atoms with E-state index in [-0.39, 0.29) is 42.8 Å². The number of amides is 1. The molecular weight excluding hydrogens is 394 g/mol. The predicted octanol–water partition coefficient (Wildman–Crippen LogP) is 0.727. The summed E-state index contributed by atoms with van der Waals surface area (Å²) in [7, 11) is 1.50. The maximum atomic E-state index is 13.2. The van der Waals surface area contributed by atoms with E-state index in [4.69, 9.17) is 10.5 Å². The van der Waals surface area contributed by atoms with Crippen molar-refractivity contribution in [2.75, 3.05) is 7.11 Å². The molecule has 3 atom stereocenters. The molecule has 0 saturated heterocycles. The van der Waals surface area contributed by atoms with Gasteiger partial charge in [0.15, 0.2) is 11.4 Å². The number of ketones is 2. The lowest BCUT2D eigenvalue weighted by Crippen LogP contribution is -2.57. The van der Waals surface area contributed by atoms with E-state index < -0.39 is 52.0 Å². The van der Waals surface area contributed by atoms with E-state index in [0.717, 1.165) is 0 Å². The molecule has 3 aliphatic carbocycles. The first-order valence-electron chi connectivity index (χ1n) is 9.42. The number of methoxy groups -OCH3 is 1. The number of phenols is 1. The van der Waals surface area contributed by atoms with Gasteiger partial charge in [-0.3, -0.25) is 14.4 Å². The first-order valence-corrected chi connectivity index (χ1v) is 9.42. The van der Waals surface area contributed by atoms with Crippen LogP contribution in [0.2, 0.25) is 0 Å². The maximum Gasteiger partial charge on any atom is 0.255 e. The number of carbonyl (C=O) groups excluding carboxylic acids is 3. The molecule has 1 aromatic carbocycles. The highest BCUT2D eigenvalue weighted by Gasteiger charge is 2.59. The molecule has 158 valence electrons. The highest BCUT2D eigenvalue weighted by atomic mass is 16.5. The number of phenolic OH excluding ortho intramolecular Hbond substituents is 1. The van der Waals surface area contributed by atoms with E-state index in [1.807, 2.05) is 0 Å². The Hall–Kier alpha value is -3.17. The molecule has 0 aliphatic heterocycles. The van der Waals surface area contributed by atoms with Crippen LogP contribution in [0.5, 0.6) is 5.75 Å². The van der Waals surface area contributed by atoms with E-state index in [9.17, 15) is 34.8 Å². The van der Waals surface area contributed by atoms with Gasteiger partial charge < -0.3 is 30.9 Å². The molecule has 9 heteroatoms. The van der Waals surface area contributed by atoms with Crippen molar-refractivity contribution in [1.82, 2.24) is 0 Å². The summed E-state index contributed by atoms with van der Waals surface area (Å²) in [4.78, 5) is 37.7. The van der Waals surface area contributed by atoms with Crippen molar-refractivity contribution >= 4 is 17.5 Å². The summed E-state index contributed by atoms with van der Waals surface area (Å²) in [5.74, 6) is -6.34. The van der Waals surface area contributed by atoms with E-state index >= 15 is 0 Å². The average molecular weight is 415 g/mol. The lowest BCUT2D eigenvalue weighted by Gasteiger charge is -2.45. The van der Waals surface area contributed by atoms with Crippen LogP contribution in [-0.2, 0) is 27.4 Å². The third-order valence-corrected chi connectivity index (χ3v) is 6.34. The zero-order chi connectivity index (χ0) is 22.0. The van der Waals surface area contributed by atoms with E-state index in [2.05, 4.69) is 0 Å². The van der Waals surface area contributed by atoms with Crippen molar-refractivity contribution < 1.29 is 39.5 Å². The van der Waals surface area contributed by atoms with Gasteiger partial charge in [-0.05, 0) is 36.0 Å². The Balaban J connectivity index is 1.90. The first-order chi connectivity index (χ1) is 14.1. The average Bonchev–Trinajstić information content (AvgIpc) is 2.66. The Morgan fingerprint density at radius 3 is 2.57 bits per heavy atom. The molecule has 0 saturated carbocycles. The van der Waals surface area contributed by atoms with Crippen molar-refractivity contribution in [1.29, 1.82) is 0 Å². The van der Waals surface area contributed by atoms with Crippen LogP contribution in [-0.4, -0.2) is 50.6 Å². The molecule has 1 aromatic rings. The fourth-order valence-corrected chi connectivity index (χ4v) is 4.97. The number of allylic oxidation sites excluding steroid dienone is 2. The first kappa shape index (κ1) is 20.1. The number of benzene rings is 1. The molecule has 4 rings (SSSR count). The zero-order valence-electron chi connectivity index (χ0n) is 16.1. The maximum absolute atomic E-state index is 13.2. The van der Waals surface area contributed by atoms with E-state index in [1.54, 1.807) is 6.07 Å². The van der Waals surface area contributed by atoms with E-state index in [0.29, 0.717) is 11.1 Å². The summed E-state index contributed by atoms with van der Waals surface area (Å²) in [5.41, 5.74) is 2.93. The van der Waals surface area contributed by atoms with Gasteiger partial charge in [0.25, 0.3) is 5.91 Å². The number of rotatable bonds is 3. The minimum Gasteiger partial charge on any atom is -0.511 e. The van der Waals surface area contributed by atoms with Gasteiger partial charge in [0.1, 0.15) is 22.8 Å². The number of Topliss-reactive ketones (excluding diaryl/α,β-unsaturated/α-hetero) is 2. The van der Waals surface area contributed by atoms with E-state index in [1.165, 1.54) is 13.2 Å². The number of aromatic hydroxyl groups is 1. The molecular formula is C21H21NO8. The number of aliphatic hydroxyl groups is 3. The van der Waals surface area contributed by atoms with Crippen molar-refractivity contribution in [3.8, 4) is 5.75 Å². The van der Waals surface area contributed by atoms with Gasteiger partial charge in [0.05, 0.1) is 12.2 Å². The number of hydrogen-bond donors (Lipinski definition) is 5. The van der Waals surface area contributed by atoms with Gasteiger partial charge in [0.2, 0.25) is 5.78 Å². The minimum atomic E-state index is -2.55. The Bertz CT molecular complexity index is 1070. The number of nitrogens with two attached hydrogens (primary N) is 1. The van der Waals surface area contributed by atoms with Crippen LogP contribution < -0.4 is 5.73 Å². The zero-order valence-corrected chi connectivity index (χ0v) is 16.1. The molecule has 0 heterocycles. The number of carbonyl (C=O) groups is 3. The summed E-state index contributed by atoms with van der Waals surface area (Å²) in [6, 6.07) is 3.00.